The molecule has 1 saturated heterocycles. The Hall–Kier alpha value is -1.74. The van der Waals surface area contributed by atoms with Gasteiger partial charge >= 0.3 is 5.97 Å². The fraction of sp³-hybridized carbons (Fsp3) is 0.222. The fourth-order valence-corrected chi connectivity index (χ4v) is 5.54. The Balaban J connectivity index is 1.78. The number of esters is 1. The zero-order valence-corrected chi connectivity index (χ0v) is 16.4. The number of hydrogen-bond acceptors (Lipinski definition) is 7. The Morgan fingerprint density at radius 2 is 2.19 bits per heavy atom. The van der Waals surface area contributed by atoms with Crippen molar-refractivity contribution >= 4 is 46.4 Å². The van der Waals surface area contributed by atoms with Gasteiger partial charge in [-0.1, -0.05) is 48.4 Å². The normalized spacial score (nSPS) is 19.0. The minimum absolute atomic E-state index is 0.0106. The zero-order chi connectivity index (χ0) is 18.1. The number of nitrogens with one attached hydrogen (secondary N) is 1. The lowest BCUT2D eigenvalue weighted by Crippen LogP contribution is -2.16. The number of ether oxygens (including phenoxy) is 2. The maximum atomic E-state index is 12.0. The molecule has 0 amide bonds. The monoisotopic (exact) mass is 404 g/mol. The molecule has 2 heterocycles. The van der Waals surface area contributed by atoms with Gasteiger partial charge in [0.1, 0.15) is 12.4 Å². The van der Waals surface area contributed by atoms with E-state index in [1.165, 1.54) is 24.6 Å². The van der Waals surface area contributed by atoms with Gasteiger partial charge in [0.2, 0.25) is 0 Å². The average Bonchev–Trinajstić information content (AvgIpc) is 3.02. The standard InChI is InChI=1S/C18H16N2O3S3/c1-22-17(21)11-6-7-15-14(8-11)16(25-20-10-19-18(24)26-20)13-5-3-2-4-12(13)9-23-15/h2-8,16H,9-10H2,1H3,(H,19,24). The summed E-state index contributed by atoms with van der Waals surface area (Å²) in [5, 5.41) is 3.14. The predicted octanol–water partition coefficient (Wildman–Crippen LogP) is 3.90. The van der Waals surface area contributed by atoms with Crippen LogP contribution in [-0.4, -0.2) is 27.8 Å². The van der Waals surface area contributed by atoms with Gasteiger partial charge in [0.25, 0.3) is 0 Å². The van der Waals surface area contributed by atoms with Gasteiger partial charge in [-0.15, -0.1) is 0 Å². The Morgan fingerprint density at radius 3 is 2.96 bits per heavy atom. The number of hydrogen-bond donors (Lipinski definition) is 1. The number of rotatable bonds is 3. The van der Waals surface area contributed by atoms with Crippen molar-refractivity contribution in [3.05, 3.63) is 64.7 Å². The summed E-state index contributed by atoms with van der Waals surface area (Å²) in [6, 6.07) is 13.7. The second kappa shape index (κ2) is 7.48. The van der Waals surface area contributed by atoms with Crippen molar-refractivity contribution in [2.24, 2.45) is 0 Å². The number of fused-ring (bicyclic) bond motifs is 2. The predicted molar refractivity (Wildman–Crippen MR) is 108 cm³/mol. The molecule has 0 spiro atoms. The first-order valence-electron chi connectivity index (χ1n) is 7.98. The Morgan fingerprint density at radius 1 is 1.35 bits per heavy atom. The quantitative estimate of drug-likeness (QED) is 0.470. The molecule has 2 aromatic carbocycles. The van der Waals surface area contributed by atoms with Gasteiger partial charge in [-0.05, 0) is 29.3 Å². The summed E-state index contributed by atoms with van der Waals surface area (Å²) < 4.78 is 13.8. The molecular formula is C18H16N2O3S3. The van der Waals surface area contributed by atoms with Gasteiger partial charge < -0.3 is 14.8 Å². The highest BCUT2D eigenvalue weighted by Crippen LogP contribution is 2.47. The van der Waals surface area contributed by atoms with Gasteiger partial charge in [-0.25, -0.2) is 4.79 Å². The summed E-state index contributed by atoms with van der Waals surface area (Å²) >= 11 is 8.42. The van der Waals surface area contributed by atoms with Gasteiger partial charge in [0.05, 0.1) is 24.6 Å². The third-order valence-corrected chi connectivity index (χ3v) is 6.77. The van der Waals surface area contributed by atoms with Crippen molar-refractivity contribution in [1.82, 2.24) is 9.03 Å². The summed E-state index contributed by atoms with van der Waals surface area (Å²) in [4.78, 5) is 12.0. The molecule has 134 valence electrons. The molecule has 0 aliphatic carbocycles. The first-order chi connectivity index (χ1) is 12.7. The first kappa shape index (κ1) is 17.7. The molecule has 0 radical (unpaired) electrons. The summed E-state index contributed by atoms with van der Waals surface area (Å²) in [6.45, 7) is 1.17. The molecule has 1 atom stereocenters. The SMILES string of the molecule is COC(=O)c1ccc2c(c1)C(SN1CNC(=S)S1)c1ccccc1CO2. The molecule has 0 saturated carbocycles. The third kappa shape index (κ3) is 3.42. The van der Waals surface area contributed by atoms with E-state index >= 15 is 0 Å². The maximum Gasteiger partial charge on any atom is 0.337 e. The van der Waals surface area contributed by atoms with Gasteiger partial charge in [0, 0.05) is 17.5 Å². The second-order valence-electron chi connectivity index (χ2n) is 5.76. The number of carbonyl (C=O) groups excluding carboxylic acids is 1. The van der Waals surface area contributed by atoms with Crippen LogP contribution in [0.2, 0.25) is 0 Å². The van der Waals surface area contributed by atoms with Crippen molar-refractivity contribution in [2.75, 3.05) is 13.8 Å². The van der Waals surface area contributed by atoms with Crippen LogP contribution >= 0.6 is 36.1 Å². The topological polar surface area (TPSA) is 50.8 Å². The highest BCUT2D eigenvalue weighted by Gasteiger charge is 2.30. The Bertz CT molecular complexity index is 875. The first-order valence-corrected chi connectivity index (χ1v) is 10.0. The van der Waals surface area contributed by atoms with E-state index < -0.39 is 0 Å². The summed E-state index contributed by atoms with van der Waals surface area (Å²) in [6.07, 6.45) is 0. The van der Waals surface area contributed by atoms with E-state index in [0.29, 0.717) is 18.8 Å². The summed E-state index contributed by atoms with van der Waals surface area (Å²) in [5.74, 6) is 0.429. The van der Waals surface area contributed by atoms with E-state index in [-0.39, 0.29) is 11.2 Å². The van der Waals surface area contributed by atoms with Crippen LogP contribution in [0.5, 0.6) is 5.75 Å². The maximum absolute atomic E-state index is 12.0. The number of thiocarbonyl (C=S) groups is 1. The number of benzene rings is 2. The van der Waals surface area contributed by atoms with Crippen molar-refractivity contribution in [3.8, 4) is 5.75 Å². The van der Waals surface area contributed by atoms with Crippen molar-refractivity contribution in [1.29, 1.82) is 0 Å². The highest BCUT2D eigenvalue weighted by molar-refractivity contribution is 8.27. The van der Waals surface area contributed by atoms with E-state index in [0.717, 1.165) is 21.2 Å². The van der Waals surface area contributed by atoms with Gasteiger partial charge in [0.15, 0.2) is 4.32 Å². The fourth-order valence-electron chi connectivity index (χ4n) is 2.95. The molecule has 2 aromatic rings. The zero-order valence-electron chi connectivity index (χ0n) is 13.9. The van der Waals surface area contributed by atoms with E-state index in [2.05, 4.69) is 21.2 Å². The molecule has 5 nitrogen and oxygen atoms in total. The van der Waals surface area contributed by atoms with E-state index in [9.17, 15) is 4.79 Å². The van der Waals surface area contributed by atoms with Gasteiger partial charge in [-0.3, -0.25) is 0 Å². The van der Waals surface area contributed by atoms with Crippen LogP contribution in [0.25, 0.3) is 0 Å². The average molecular weight is 405 g/mol. The van der Waals surface area contributed by atoms with Crippen LogP contribution in [-0.2, 0) is 11.3 Å². The minimum Gasteiger partial charge on any atom is -0.489 e. The number of carbonyl (C=O) groups is 1. The molecule has 1 unspecified atom stereocenters. The van der Waals surface area contributed by atoms with Crippen LogP contribution in [0.4, 0.5) is 0 Å². The molecule has 2 aliphatic rings. The smallest absolute Gasteiger partial charge is 0.337 e. The van der Waals surface area contributed by atoms with Crippen molar-refractivity contribution in [3.63, 3.8) is 0 Å². The van der Waals surface area contributed by atoms with Crippen LogP contribution in [0, 0.1) is 0 Å². The molecule has 1 fully saturated rings. The van der Waals surface area contributed by atoms with E-state index in [4.69, 9.17) is 21.7 Å². The van der Waals surface area contributed by atoms with Gasteiger partial charge in [-0.2, -0.15) is 3.71 Å². The summed E-state index contributed by atoms with van der Waals surface area (Å²) in [7, 11) is 1.39. The molecule has 4 rings (SSSR count). The number of methoxy groups -OCH3 is 1. The second-order valence-corrected chi connectivity index (χ2v) is 8.82. The lowest BCUT2D eigenvalue weighted by atomic mass is 9.98. The Kier molecular flexibility index (Phi) is 5.08. The van der Waals surface area contributed by atoms with Crippen LogP contribution in [0.3, 0.4) is 0 Å². The lowest BCUT2D eigenvalue weighted by molar-refractivity contribution is 0.0600. The molecule has 26 heavy (non-hydrogen) atoms. The third-order valence-electron chi connectivity index (χ3n) is 4.19. The molecule has 0 aromatic heterocycles. The molecule has 8 heteroatoms. The van der Waals surface area contributed by atoms with Crippen molar-refractivity contribution < 1.29 is 14.3 Å². The highest BCUT2D eigenvalue weighted by atomic mass is 32.2. The van der Waals surface area contributed by atoms with Crippen LogP contribution in [0.15, 0.2) is 42.5 Å². The largest absolute Gasteiger partial charge is 0.489 e. The molecular weight excluding hydrogens is 388 g/mol. The molecule has 0 bridgehead atoms. The van der Waals surface area contributed by atoms with E-state index in [1.54, 1.807) is 18.0 Å². The summed E-state index contributed by atoms with van der Waals surface area (Å²) in [5.41, 5.74) is 3.79. The Labute approximate surface area is 165 Å². The molecule has 2 aliphatic heterocycles. The lowest BCUT2D eigenvalue weighted by Gasteiger charge is -2.22. The van der Waals surface area contributed by atoms with Crippen molar-refractivity contribution in [2.45, 2.75) is 11.9 Å². The minimum atomic E-state index is -0.354. The van der Waals surface area contributed by atoms with Crippen LogP contribution < -0.4 is 10.1 Å². The van der Waals surface area contributed by atoms with E-state index in [1.807, 2.05) is 24.3 Å². The number of nitrogens with zero attached hydrogens (tertiary/aromatic N) is 1. The van der Waals surface area contributed by atoms with Crippen LogP contribution in [0.1, 0.15) is 32.3 Å². The molecule has 1 N–H and O–H groups in total.